The van der Waals surface area contributed by atoms with Gasteiger partial charge in [-0.05, 0) is 27.2 Å². The lowest BCUT2D eigenvalue weighted by atomic mass is 10.0. The summed E-state index contributed by atoms with van der Waals surface area (Å²) in [6.45, 7) is 5.41. The van der Waals surface area contributed by atoms with Crippen LogP contribution in [-0.2, 0) is 19.1 Å². The molecule has 0 saturated carbocycles. The topological polar surface area (TPSA) is 72.8 Å². The zero-order valence-corrected chi connectivity index (χ0v) is 10.6. The molecule has 0 spiro atoms. The molecule has 0 atom stereocenters. The maximum absolute atomic E-state index is 11.6. The average Bonchev–Trinajstić information content (AvgIpc) is 2.26. The third kappa shape index (κ3) is 6.06. The van der Waals surface area contributed by atoms with Gasteiger partial charge in [-0.1, -0.05) is 11.6 Å². The lowest BCUT2D eigenvalue weighted by molar-refractivity contribution is -0.161. The Morgan fingerprint density at radius 3 is 2.00 bits per heavy atom. The first kappa shape index (κ1) is 15.6. The third-order valence-electron chi connectivity index (χ3n) is 2.11. The lowest BCUT2D eigenvalue weighted by Gasteiger charge is -2.14. The molecule has 0 radical (unpaired) electrons. The molecular formula is C12H20O5. The van der Waals surface area contributed by atoms with Crippen LogP contribution in [0.3, 0.4) is 0 Å². The van der Waals surface area contributed by atoms with Crippen molar-refractivity contribution < 1.29 is 24.2 Å². The van der Waals surface area contributed by atoms with E-state index in [9.17, 15) is 9.59 Å². The fraction of sp³-hybridized carbons (Fsp3) is 0.667. The molecule has 0 bridgehead atoms. The van der Waals surface area contributed by atoms with E-state index in [1.54, 1.807) is 26.8 Å². The number of carbonyl (C=O) groups is 2. The third-order valence-corrected chi connectivity index (χ3v) is 2.11. The van der Waals surface area contributed by atoms with E-state index in [-0.39, 0.29) is 26.2 Å². The summed E-state index contributed by atoms with van der Waals surface area (Å²) < 4.78 is 9.64. The molecule has 0 aromatic carbocycles. The predicted molar refractivity (Wildman–Crippen MR) is 62.2 cm³/mol. The molecule has 0 fully saturated rings. The number of aliphatic hydroxyl groups is 1. The Labute approximate surface area is 101 Å². The van der Waals surface area contributed by atoms with Crippen LogP contribution >= 0.6 is 0 Å². The Morgan fingerprint density at radius 2 is 1.65 bits per heavy atom. The molecule has 1 N–H and O–H groups in total. The zero-order valence-electron chi connectivity index (χ0n) is 10.6. The van der Waals surface area contributed by atoms with Crippen LogP contribution in [0, 0.1) is 5.92 Å². The Morgan fingerprint density at radius 1 is 1.18 bits per heavy atom. The molecule has 98 valence electrons. The van der Waals surface area contributed by atoms with Crippen LogP contribution in [-0.4, -0.2) is 36.9 Å². The van der Waals surface area contributed by atoms with Crippen LogP contribution < -0.4 is 0 Å². The Kier molecular flexibility index (Phi) is 8.05. The molecular weight excluding hydrogens is 224 g/mol. The molecule has 0 unspecified atom stereocenters. The average molecular weight is 244 g/mol. The molecule has 17 heavy (non-hydrogen) atoms. The van der Waals surface area contributed by atoms with Crippen molar-refractivity contribution in [3.8, 4) is 0 Å². The first-order chi connectivity index (χ1) is 8.06. The van der Waals surface area contributed by atoms with Crippen molar-refractivity contribution >= 4 is 11.9 Å². The summed E-state index contributed by atoms with van der Waals surface area (Å²) in [6, 6.07) is 0. The number of hydrogen-bond donors (Lipinski definition) is 1. The number of rotatable bonds is 7. The van der Waals surface area contributed by atoms with E-state index in [0.717, 1.165) is 5.57 Å². The van der Waals surface area contributed by atoms with Crippen molar-refractivity contribution in [3.63, 3.8) is 0 Å². The van der Waals surface area contributed by atoms with Crippen molar-refractivity contribution in [3.05, 3.63) is 11.6 Å². The number of hydrogen-bond acceptors (Lipinski definition) is 5. The fourth-order valence-electron chi connectivity index (χ4n) is 1.31. The lowest BCUT2D eigenvalue weighted by Crippen LogP contribution is -2.28. The molecule has 0 heterocycles. The van der Waals surface area contributed by atoms with Gasteiger partial charge in [0.05, 0.1) is 19.8 Å². The van der Waals surface area contributed by atoms with Gasteiger partial charge in [-0.25, -0.2) is 0 Å². The number of allylic oxidation sites excluding steroid dienone is 1. The van der Waals surface area contributed by atoms with E-state index in [1.807, 2.05) is 0 Å². The maximum Gasteiger partial charge on any atom is 0.320 e. The van der Waals surface area contributed by atoms with Crippen LogP contribution in [0.2, 0.25) is 0 Å². The molecule has 0 rings (SSSR count). The summed E-state index contributed by atoms with van der Waals surface area (Å²) in [6.07, 6.45) is 1.75. The number of ether oxygens (including phenoxy) is 2. The van der Waals surface area contributed by atoms with E-state index in [1.165, 1.54) is 0 Å². The van der Waals surface area contributed by atoms with E-state index >= 15 is 0 Å². The summed E-state index contributed by atoms with van der Waals surface area (Å²) in [4.78, 5) is 23.2. The van der Waals surface area contributed by atoms with Crippen molar-refractivity contribution in [1.82, 2.24) is 0 Å². The largest absolute Gasteiger partial charge is 0.465 e. The highest BCUT2D eigenvalue weighted by Gasteiger charge is 2.29. The van der Waals surface area contributed by atoms with Gasteiger partial charge in [0.15, 0.2) is 5.92 Å². The molecule has 0 amide bonds. The van der Waals surface area contributed by atoms with Gasteiger partial charge >= 0.3 is 11.9 Å². The summed E-state index contributed by atoms with van der Waals surface area (Å²) in [7, 11) is 0. The van der Waals surface area contributed by atoms with E-state index < -0.39 is 17.9 Å². The predicted octanol–water partition coefficient (Wildman–Crippen LogP) is 1.06. The monoisotopic (exact) mass is 244 g/mol. The van der Waals surface area contributed by atoms with Crippen LogP contribution in [0.25, 0.3) is 0 Å². The summed E-state index contributed by atoms with van der Waals surface area (Å²) in [5.41, 5.74) is 0.749. The second kappa shape index (κ2) is 8.75. The van der Waals surface area contributed by atoms with Crippen molar-refractivity contribution in [2.24, 2.45) is 5.92 Å². The zero-order chi connectivity index (χ0) is 13.3. The molecule has 0 saturated heterocycles. The Bertz CT molecular complexity index is 265. The number of esters is 2. The second-order valence-electron chi connectivity index (χ2n) is 3.49. The molecule has 0 aliphatic heterocycles. The summed E-state index contributed by atoms with van der Waals surface area (Å²) in [5.74, 6) is -2.12. The van der Waals surface area contributed by atoms with Gasteiger partial charge in [-0.2, -0.15) is 0 Å². The fourth-order valence-corrected chi connectivity index (χ4v) is 1.31. The molecule has 0 aliphatic carbocycles. The SMILES string of the molecule is CCOC(=O)C(C/C(C)=C\CO)C(=O)OCC. The minimum absolute atomic E-state index is 0.121. The van der Waals surface area contributed by atoms with Crippen molar-refractivity contribution in [1.29, 1.82) is 0 Å². The van der Waals surface area contributed by atoms with Crippen LogP contribution in [0.15, 0.2) is 11.6 Å². The smallest absolute Gasteiger partial charge is 0.320 e. The first-order valence-electron chi connectivity index (χ1n) is 5.66. The molecule has 0 aromatic rings. The van der Waals surface area contributed by atoms with E-state index in [0.29, 0.717) is 0 Å². The van der Waals surface area contributed by atoms with Crippen LogP contribution in [0.5, 0.6) is 0 Å². The Balaban J connectivity index is 4.66. The highest BCUT2D eigenvalue weighted by molar-refractivity contribution is 5.95. The normalized spacial score (nSPS) is 11.5. The van der Waals surface area contributed by atoms with Crippen LogP contribution in [0.1, 0.15) is 27.2 Å². The number of carbonyl (C=O) groups excluding carboxylic acids is 2. The number of aliphatic hydroxyl groups excluding tert-OH is 1. The standard InChI is InChI=1S/C12H20O5/c1-4-16-11(14)10(12(15)17-5-2)8-9(3)6-7-13/h6,10,13H,4-5,7-8H2,1-3H3/b9-6-. The maximum atomic E-state index is 11.6. The molecule has 5 nitrogen and oxygen atoms in total. The summed E-state index contributed by atoms with van der Waals surface area (Å²) >= 11 is 0. The van der Waals surface area contributed by atoms with E-state index in [2.05, 4.69) is 0 Å². The minimum atomic E-state index is -0.947. The molecule has 5 heteroatoms. The van der Waals surface area contributed by atoms with Gasteiger partial charge in [-0.3, -0.25) is 9.59 Å². The highest BCUT2D eigenvalue weighted by Crippen LogP contribution is 2.15. The van der Waals surface area contributed by atoms with Gasteiger partial charge in [0, 0.05) is 0 Å². The minimum Gasteiger partial charge on any atom is -0.465 e. The summed E-state index contributed by atoms with van der Waals surface area (Å²) in [5, 5.41) is 8.72. The Hall–Kier alpha value is -1.36. The first-order valence-corrected chi connectivity index (χ1v) is 5.66. The molecule has 0 aliphatic rings. The van der Waals surface area contributed by atoms with Crippen molar-refractivity contribution in [2.75, 3.05) is 19.8 Å². The highest BCUT2D eigenvalue weighted by atomic mass is 16.6. The van der Waals surface area contributed by atoms with Gasteiger partial charge < -0.3 is 14.6 Å². The van der Waals surface area contributed by atoms with Gasteiger partial charge in [-0.15, -0.1) is 0 Å². The quantitative estimate of drug-likeness (QED) is 0.412. The van der Waals surface area contributed by atoms with Gasteiger partial charge in [0.1, 0.15) is 0 Å². The van der Waals surface area contributed by atoms with Crippen molar-refractivity contribution in [2.45, 2.75) is 27.2 Å². The van der Waals surface area contributed by atoms with Gasteiger partial charge in [0.2, 0.25) is 0 Å². The van der Waals surface area contributed by atoms with E-state index in [4.69, 9.17) is 14.6 Å². The molecule has 0 aromatic heterocycles. The van der Waals surface area contributed by atoms with Crippen LogP contribution in [0.4, 0.5) is 0 Å². The van der Waals surface area contributed by atoms with Gasteiger partial charge in [0.25, 0.3) is 0 Å². The second-order valence-corrected chi connectivity index (χ2v) is 3.49.